The minimum absolute atomic E-state index is 0.0316. The second kappa shape index (κ2) is 4.56. The van der Waals surface area contributed by atoms with Crippen molar-refractivity contribution in [2.75, 3.05) is 20.0 Å². The van der Waals surface area contributed by atoms with Crippen molar-refractivity contribution in [3.63, 3.8) is 0 Å². The van der Waals surface area contributed by atoms with Crippen LogP contribution in [0.5, 0.6) is 5.75 Å². The van der Waals surface area contributed by atoms with Crippen molar-refractivity contribution < 1.29 is 9.47 Å². The maximum Gasteiger partial charge on any atom is 0.147 e. The van der Waals surface area contributed by atoms with Crippen molar-refractivity contribution >= 4 is 23.1 Å². The highest BCUT2D eigenvalue weighted by Gasteiger charge is 2.34. The Morgan fingerprint density at radius 1 is 1.62 bits per heavy atom. The van der Waals surface area contributed by atoms with Gasteiger partial charge in [0.05, 0.1) is 22.8 Å². The Labute approximate surface area is 105 Å². The number of thioether (sulfide) groups is 1. The molecule has 1 aromatic rings. The molecule has 0 amide bonds. The minimum Gasteiger partial charge on any atom is -0.495 e. The average molecular weight is 259 g/mol. The number of rotatable bonds is 3. The van der Waals surface area contributed by atoms with Crippen LogP contribution in [0.3, 0.4) is 0 Å². The zero-order valence-corrected chi connectivity index (χ0v) is 11.6. The third kappa shape index (κ3) is 2.37. The van der Waals surface area contributed by atoms with Gasteiger partial charge in [-0.25, -0.2) is 0 Å². The van der Waals surface area contributed by atoms with Crippen molar-refractivity contribution in [2.24, 2.45) is 0 Å². The fraction of sp³-hybridized carbons (Fsp3) is 0.636. The van der Waals surface area contributed by atoms with Crippen LogP contribution < -0.4 is 10.1 Å². The van der Waals surface area contributed by atoms with E-state index in [1.54, 1.807) is 30.2 Å². The first kappa shape index (κ1) is 12.2. The van der Waals surface area contributed by atoms with Crippen molar-refractivity contribution in [3.05, 3.63) is 10.9 Å². The van der Waals surface area contributed by atoms with Crippen LogP contribution in [0.25, 0.3) is 0 Å². The molecule has 1 aromatic heterocycles. The molecule has 1 atom stereocenters. The van der Waals surface area contributed by atoms with Gasteiger partial charge in [0, 0.05) is 11.6 Å². The molecule has 3 nitrogen and oxygen atoms in total. The summed E-state index contributed by atoms with van der Waals surface area (Å²) in [7, 11) is 1.70. The lowest BCUT2D eigenvalue weighted by molar-refractivity contribution is 0.0996. The van der Waals surface area contributed by atoms with E-state index in [9.17, 15) is 0 Å². The molecule has 1 aliphatic heterocycles. The third-order valence-corrected chi connectivity index (χ3v) is 4.72. The Balaban J connectivity index is 2.23. The van der Waals surface area contributed by atoms with Crippen LogP contribution in [-0.4, -0.2) is 25.5 Å². The first-order valence-corrected chi connectivity index (χ1v) is 7.21. The van der Waals surface area contributed by atoms with Gasteiger partial charge in [0.1, 0.15) is 12.0 Å². The number of ether oxygens (including phenoxy) is 2. The standard InChI is InChI=1S/C11H17NO2S2/c1-11(2)6-14-10(12-11)9-7(13-3)5-8(15-4)16-9/h5,10,12H,6H2,1-4H3. The molecule has 1 fully saturated rings. The highest BCUT2D eigenvalue weighted by atomic mass is 32.2. The summed E-state index contributed by atoms with van der Waals surface area (Å²) in [6, 6.07) is 2.07. The fourth-order valence-corrected chi connectivity index (χ4v) is 3.37. The molecule has 1 saturated heterocycles. The second-order valence-corrected chi connectivity index (χ2v) is 6.61. The summed E-state index contributed by atoms with van der Waals surface area (Å²) in [6.07, 6.45) is 2.04. The summed E-state index contributed by atoms with van der Waals surface area (Å²) in [5.74, 6) is 0.921. The minimum atomic E-state index is -0.0316. The monoisotopic (exact) mass is 259 g/mol. The predicted molar refractivity (Wildman–Crippen MR) is 68.6 cm³/mol. The Hall–Kier alpha value is -0.230. The van der Waals surface area contributed by atoms with Crippen molar-refractivity contribution in [3.8, 4) is 5.75 Å². The largest absolute Gasteiger partial charge is 0.495 e. The summed E-state index contributed by atoms with van der Waals surface area (Å²) in [6.45, 7) is 5.01. The molecule has 0 aromatic carbocycles. The van der Waals surface area contributed by atoms with Gasteiger partial charge in [0.2, 0.25) is 0 Å². The predicted octanol–water partition coefficient (Wildman–Crippen LogP) is 2.88. The van der Waals surface area contributed by atoms with Crippen LogP contribution in [0.4, 0.5) is 0 Å². The Morgan fingerprint density at radius 2 is 2.38 bits per heavy atom. The van der Waals surface area contributed by atoms with Gasteiger partial charge in [-0.1, -0.05) is 0 Å². The van der Waals surface area contributed by atoms with E-state index in [-0.39, 0.29) is 11.8 Å². The lowest BCUT2D eigenvalue weighted by Crippen LogP contribution is -2.35. The van der Waals surface area contributed by atoms with Gasteiger partial charge in [-0.05, 0) is 20.1 Å². The quantitative estimate of drug-likeness (QED) is 0.846. The molecule has 2 heterocycles. The lowest BCUT2D eigenvalue weighted by atomic mass is 10.1. The molecule has 0 saturated carbocycles. The maximum absolute atomic E-state index is 5.76. The van der Waals surface area contributed by atoms with Crippen LogP contribution in [0.15, 0.2) is 10.3 Å². The third-order valence-electron chi connectivity index (χ3n) is 2.49. The fourth-order valence-electron chi connectivity index (χ4n) is 1.68. The molecular formula is C11H17NO2S2. The van der Waals surface area contributed by atoms with E-state index in [1.807, 2.05) is 0 Å². The van der Waals surface area contributed by atoms with Crippen LogP contribution in [0.1, 0.15) is 25.0 Å². The van der Waals surface area contributed by atoms with E-state index >= 15 is 0 Å². The number of hydrogen-bond donors (Lipinski definition) is 1. The zero-order chi connectivity index (χ0) is 11.8. The molecular weight excluding hydrogens is 242 g/mol. The van der Waals surface area contributed by atoms with E-state index in [4.69, 9.17) is 9.47 Å². The maximum atomic E-state index is 5.76. The number of thiophene rings is 1. The van der Waals surface area contributed by atoms with Gasteiger partial charge in [0.15, 0.2) is 0 Å². The van der Waals surface area contributed by atoms with E-state index in [1.165, 1.54) is 4.21 Å². The normalized spacial score (nSPS) is 23.6. The molecule has 1 N–H and O–H groups in total. The van der Waals surface area contributed by atoms with Gasteiger partial charge in [0.25, 0.3) is 0 Å². The average Bonchev–Trinajstić information content (AvgIpc) is 2.80. The lowest BCUT2D eigenvalue weighted by Gasteiger charge is -2.16. The Kier molecular flexibility index (Phi) is 3.49. The summed E-state index contributed by atoms with van der Waals surface area (Å²) < 4.78 is 12.4. The molecule has 2 rings (SSSR count). The van der Waals surface area contributed by atoms with Crippen LogP contribution >= 0.6 is 23.1 Å². The summed E-state index contributed by atoms with van der Waals surface area (Å²) in [5.41, 5.74) is 0.0409. The molecule has 1 aliphatic rings. The molecule has 0 aliphatic carbocycles. The smallest absolute Gasteiger partial charge is 0.147 e. The Bertz CT molecular complexity index is 376. The molecule has 0 spiro atoms. The number of hydrogen-bond acceptors (Lipinski definition) is 5. The van der Waals surface area contributed by atoms with Gasteiger partial charge in [-0.15, -0.1) is 23.1 Å². The first-order valence-electron chi connectivity index (χ1n) is 5.17. The number of nitrogens with one attached hydrogen (secondary N) is 1. The topological polar surface area (TPSA) is 30.5 Å². The molecule has 16 heavy (non-hydrogen) atoms. The van der Waals surface area contributed by atoms with Gasteiger partial charge < -0.3 is 9.47 Å². The van der Waals surface area contributed by atoms with E-state index in [0.29, 0.717) is 0 Å². The highest BCUT2D eigenvalue weighted by molar-refractivity contribution is 8.00. The second-order valence-electron chi connectivity index (χ2n) is 4.42. The van der Waals surface area contributed by atoms with Crippen molar-refractivity contribution in [2.45, 2.75) is 29.8 Å². The molecule has 90 valence electrons. The van der Waals surface area contributed by atoms with Crippen molar-refractivity contribution in [1.29, 1.82) is 0 Å². The summed E-state index contributed by atoms with van der Waals surface area (Å²) in [5, 5.41) is 3.46. The van der Waals surface area contributed by atoms with E-state index in [0.717, 1.165) is 17.2 Å². The van der Waals surface area contributed by atoms with Crippen LogP contribution in [0, 0.1) is 0 Å². The SMILES string of the molecule is COc1cc(SC)sc1C1NC(C)(C)CO1. The summed E-state index contributed by atoms with van der Waals surface area (Å²) in [4.78, 5) is 1.14. The zero-order valence-electron chi connectivity index (χ0n) is 9.99. The molecule has 0 bridgehead atoms. The van der Waals surface area contributed by atoms with E-state index in [2.05, 4.69) is 31.5 Å². The van der Waals surface area contributed by atoms with Gasteiger partial charge >= 0.3 is 0 Å². The Morgan fingerprint density at radius 3 is 2.88 bits per heavy atom. The van der Waals surface area contributed by atoms with Gasteiger partial charge in [-0.3, -0.25) is 5.32 Å². The number of methoxy groups -OCH3 is 1. The van der Waals surface area contributed by atoms with Crippen LogP contribution in [-0.2, 0) is 4.74 Å². The highest BCUT2D eigenvalue weighted by Crippen LogP contribution is 2.41. The van der Waals surface area contributed by atoms with Crippen molar-refractivity contribution in [1.82, 2.24) is 5.32 Å². The van der Waals surface area contributed by atoms with Gasteiger partial charge in [-0.2, -0.15) is 0 Å². The molecule has 0 radical (unpaired) electrons. The first-order chi connectivity index (χ1) is 7.55. The van der Waals surface area contributed by atoms with Crippen LogP contribution in [0.2, 0.25) is 0 Å². The molecule has 1 unspecified atom stereocenters. The molecule has 5 heteroatoms. The summed E-state index contributed by atoms with van der Waals surface area (Å²) >= 11 is 3.47. The van der Waals surface area contributed by atoms with E-state index < -0.39 is 0 Å².